The van der Waals surface area contributed by atoms with Crippen molar-refractivity contribution in [1.82, 2.24) is 4.98 Å². The van der Waals surface area contributed by atoms with E-state index in [1.165, 1.54) is 18.2 Å². The van der Waals surface area contributed by atoms with E-state index in [0.29, 0.717) is 40.7 Å². The molecule has 0 saturated heterocycles. The Morgan fingerprint density at radius 1 is 0.750 bits per heavy atom. The number of nitrogens with zero attached hydrogens (tertiary/aromatic N) is 1. The lowest BCUT2D eigenvalue weighted by Gasteiger charge is -2.09. The van der Waals surface area contributed by atoms with E-state index >= 15 is 0 Å². The molecule has 0 aliphatic heterocycles. The van der Waals surface area contributed by atoms with E-state index in [1.807, 2.05) is 0 Å². The summed E-state index contributed by atoms with van der Waals surface area (Å²) in [5.41, 5.74) is 1.94. The highest BCUT2D eigenvalue weighted by Crippen LogP contribution is 2.21. The lowest BCUT2D eigenvalue weighted by molar-refractivity contribution is 0.112. The molecule has 16 heavy (non-hydrogen) atoms. The summed E-state index contributed by atoms with van der Waals surface area (Å²) in [4.78, 5) is 26.0. The lowest BCUT2D eigenvalue weighted by atomic mass is 9.99. The van der Waals surface area contributed by atoms with Crippen molar-refractivity contribution in [3.05, 3.63) is 47.8 Å². The zero-order valence-electron chi connectivity index (χ0n) is 8.77. The Morgan fingerprint density at radius 3 is 1.44 bits per heavy atom. The van der Waals surface area contributed by atoms with Crippen molar-refractivity contribution >= 4 is 30.8 Å². The van der Waals surface area contributed by atoms with Crippen LogP contribution in [0.1, 0.15) is 37.7 Å². The van der Waals surface area contributed by atoms with Crippen LogP contribution in [0, 0.1) is 0 Å². The number of aldehydes is 2. The summed E-state index contributed by atoms with van der Waals surface area (Å²) in [5.74, 6) is 0. The van der Waals surface area contributed by atoms with Crippen molar-refractivity contribution in [2.24, 2.45) is 0 Å². The molecule has 0 aliphatic rings. The van der Waals surface area contributed by atoms with E-state index in [0.717, 1.165) is 0 Å². The summed E-state index contributed by atoms with van der Waals surface area (Å²) in [6.45, 7) is 10.7. The first kappa shape index (κ1) is 11.8. The van der Waals surface area contributed by atoms with Gasteiger partial charge in [-0.15, -0.1) is 0 Å². The maximum absolute atomic E-state index is 11.0. The van der Waals surface area contributed by atoms with Gasteiger partial charge >= 0.3 is 0 Å². The van der Waals surface area contributed by atoms with Gasteiger partial charge < -0.3 is 0 Å². The van der Waals surface area contributed by atoms with Crippen molar-refractivity contribution in [2.45, 2.75) is 0 Å². The first-order valence-electron chi connectivity index (χ1n) is 4.59. The molecule has 3 nitrogen and oxygen atoms in total. The number of pyridine rings is 1. The number of carbonyl (C=O) groups is 2. The Kier molecular flexibility index (Phi) is 3.67. The fraction of sp³-hybridized carbons (Fsp3) is 0. The second kappa shape index (κ2) is 4.98. The Bertz CT molecular complexity index is 449. The van der Waals surface area contributed by atoms with Gasteiger partial charge in [0.05, 0.1) is 11.4 Å². The molecule has 1 heterocycles. The van der Waals surface area contributed by atoms with Gasteiger partial charge in [0.15, 0.2) is 12.6 Å². The van der Waals surface area contributed by atoms with Crippen LogP contribution in [-0.4, -0.2) is 17.6 Å². The van der Waals surface area contributed by atoms with Gasteiger partial charge in [0.1, 0.15) is 0 Å². The largest absolute Gasteiger partial charge is 0.298 e. The van der Waals surface area contributed by atoms with E-state index in [9.17, 15) is 9.59 Å². The van der Waals surface area contributed by atoms with Crippen LogP contribution in [0.2, 0.25) is 0 Å². The molecule has 1 aromatic rings. The van der Waals surface area contributed by atoms with E-state index < -0.39 is 0 Å². The molecule has 0 unspecified atom stereocenters. The molecule has 0 amide bonds. The van der Waals surface area contributed by atoms with Crippen LogP contribution in [0.4, 0.5) is 0 Å². The number of hydrogen-bond donors (Lipinski definition) is 0. The number of hydrogen-bond acceptors (Lipinski definition) is 3. The fourth-order valence-corrected chi connectivity index (χ4v) is 1.45. The molecule has 0 N–H and O–H groups in total. The molecule has 0 radical (unpaired) electrons. The number of rotatable bonds is 5. The topological polar surface area (TPSA) is 47.0 Å². The average molecular weight is 213 g/mol. The maximum Gasteiger partial charge on any atom is 0.152 e. The van der Waals surface area contributed by atoms with Gasteiger partial charge in [-0.25, -0.2) is 4.98 Å². The van der Waals surface area contributed by atoms with Gasteiger partial charge in [0, 0.05) is 11.1 Å². The van der Waals surface area contributed by atoms with Gasteiger partial charge in [-0.2, -0.15) is 0 Å². The van der Waals surface area contributed by atoms with Crippen LogP contribution >= 0.6 is 0 Å². The van der Waals surface area contributed by atoms with Gasteiger partial charge in [0.2, 0.25) is 0 Å². The summed E-state index contributed by atoms with van der Waals surface area (Å²) >= 11 is 0. The van der Waals surface area contributed by atoms with Crippen molar-refractivity contribution < 1.29 is 9.59 Å². The molecule has 0 atom stereocenters. The second-order valence-corrected chi connectivity index (χ2v) is 2.97. The van der Waals surface area contributed by atoms with Crippen LogP contribution in [-0.2, 0) is 0 Å². The fourth-order valence-electron chi connectivity index (χ4n) is 1.45. The minimum absolute atomic E-state index is 0.317. The van der Waals surface area contributed by atoms with Crippen LogP contribution in [0.25, 0.3) is 18.2 Å². The normalized spacial score (nSPS) is 9.25. The number of carbonyl (C=O) groups excluding carboxylic acids is 2. The van der Waals surface area contributed by atoms with Crippen LogP contribution in [0.3, 0.4) is 0 Å². The lowest BCUT2D eigenvalue weighted by Crippen LogP contribution is -2.04. The maximum atomic E-state index is 11.0. The van der Waals surface area contributed by atoms with Gasteiger partial charge in [0.25, 0.3) is 0 Å². The van der Waals surface area contributed by atoms with Gasteiger partial charge in [-0.05, 0) is 17.7 Å². The third kappa shape index (κ3) is 1.75. The van der Waals surface area contributed by atoms with Crippen molar-refractivity contribution in [3.63, 3.8) is 0 Å². The quantitative estimate of drug-likeness (QED) is 0.706. The Labute approximate surface area is 93.8 Å². The summed E-state index contributed by atoms with van der Waals surface area (Å²) < 4.78 is 0. The summed E-state index contributed by atoms with van der Waals surface area (Å²) in [7, 11) is 0. The first-order chi connectivity index (χ1) is 7.73. The predicted octanol–water partition coefficient (Wildman–Crippen LogP) is 2.64. The van der Waals surface area contributed by atoms with Crippen molar-refractivity contribution in [2.75, 3.05) is 0 Å². The summed E-state index contributed by atoms with van der Waals surface area (Å²) in [6.07, 6.45) is 5.65. The van der Waals surface area contributed by atoms with E-state index in [2.05, 4.69) is 24.7 Å². The summed E-state index contributed by atoms with van der Waals surface area (Å²) in [5, 5.41) is 0. The Balaban J connectivity index is 3.80. The highest BCUT2D eigenvalue weighted by atomic mass is 16.1. The molecule has 80 valence electrons. The molecule has 0 aliphatic carbocycles. The molecule has 0 bridgehead atoms. The SMILES string of the molecule is C=Cc1nc(C=C)c(C=O)c(C=C)c1C=O. The Morgan fingerprint density at radius 2 is 1.19 bits per heavy atom. The minimum Gasteiger partial charge on any atom is -0.298 e. The molecular weight excluding hydrogens is 202 g/mol. The molecule has 0 saturated carbocycles. The third-order valence-corrected chi connectivity index (χ3v) is 2.20. The molecule has 0 fully saturated rings. The number of aromatic nitrogens is 1. The second-order valence-electron chi connectivity index (χ2n) is 2.97. The zero-order chi connectivity index (χ0) is 12.1. The zero-order valence-corrected chi connectivity index (χ0v) is 8.77. The van der Waals surface area contributed by atoms with E-state index in [1.54, 1.807) is 0 Å². The molecular formula is C13H11NO2. The van der Waals surface area contributed by atoms with Gasteiger partial charge in [-0.3, -0.25) is 9.59 Å². The third-order valence-electron chi connectivity index (χ3n) is 2.20. The molecule has 1 rings (SSSR count). The van der Waals surface area contributed by atoms with Crippen LogP contribution < -0.4 is 0 Å². The minimum atomic E-state index is 0.317. The Hall–Kier alpha value is -2.29. The highest BCUT2D eigenvalue weighted by molar-refractivity contribution is 5.95. The van der Waals surface area contributed by atoms with Crippen LogP contribution in [0.15, 0.2) is 19.7 Å². The van der Waals surface area contributed by atoms with E-state index in [4.69, 9.17) is 0 Å². The smallest absolute Gasteiger partial charge is 0.152 e. The van der Waals surface area contributed by atoms with Crippen molar-refractivity contribution in [1.29, 1.82) is 0 Å². The molecule has 1 aromatic heterocycles. The van der Waals surface area contributed by atoms with Crippen molar-refractivity contribution in [3.8, 4) is 0 Å². The van der Waals surface area contributed by atoms with E-state index in [-0.39, 0.29) is 0 Å². The standard InChI is InChI=1S/C13H11NO2/c1-4-9-10(7-15)12(5-2)14-13(6-3)11(9)8-16/h4-8H,1-3H2. The molecule has 0 spiro atoms. The molecule has 0 aromatic carbocycles. The predicted molar refractivity (Wildman–Crippen MR) is 65.3 cm³/mol. The summed E-state index contributed by atoms with van der Waals surface area (Å²) in [6, 6.07) is 0. The highest BCUT2D eigenvalue weighted by Gasteiger charge is 2.13. The monoisotopic (exact) mass is 213 g/mol. The first-order valence-corrected chi connectivity index (χ1v) is 4.59. The average Bonchev–Trinajstić information content (AvgIpc) is 2.35. The van der Waals surface area contributed by atoms with Gasteiger partial charge in [-0.1, -0.05) is 25.8 Å². The van der Waals surface area contributed by atoms with Crippen LogP contribution in [0.5, 0.6) is 0 Å². The molecule has 3 heteroatoms.